The maximum Gasteiger partial charge on any atom is 0.310 e. The molecule has 0 unspecified atom stereocenters. The molecule has 3 heterocycles. The molecule has 9 nitrogen and oxygen atoms in total. The van der Waals surface area contributed by atoms with Crippen LogP contribution < -0.4 is 15.0 Å². The number of ether oxygens (including phenoxy) is 2. The normalized spacial score (nSPS) is 20.0. The summed E-state index contributed by atoms with van der Waals surface area (Å²) in [5, 5.41) is 2.66. The Bertz CT molecular complexity index is 1400. The number of likely N-dealkylation sites (tertiary alicyclic amines) is 1. The molecule has 3 atom stereocenters. The van der Waals surface area contributed by atoms with Crippen LogP contribution in [0.4, 0.5) is 30.8 Å². The van der Waals surface area contributed by atoms with Crippen LogP contribution >= 0.6 is 10.2 Å². The maximum absolute atomic E-state index is 14.1. The number of hydrogen-bond donors (Lipinski definition) is 1. The van der Waals surface area contributed by atoms with E-state index in [1.165, 1.54) is 57.1 Å². The van der Waals surface area contributed by atoms with E-state index in [9.17, 15) is 29.0 Å². The van der Waals surface area contributed by atoms with Gasteiger partial charge in [0.05, 0.1) is 31.1 Å². The lowest BCUT2D eigenvalue weighted by Crippen LogP contribution is -2.49. The molecule has 1 aromatic carbocycles. The highest BCUT2D eigenvalue weighted by molar-refractivity contribution is 8.45. The van der Waals surface area contributed by atoms with Crippen LogP contribution in [-0.2, 0) is 14.3 Å². The van der Waals surface area contributed by atoms with Gasteiger partial charge in [0.15, 0.2) is 0 Å². The molecule has 3 aromatic rings. The molecular formula is C26H28F5N5O4S. The summed E-state index contributed by atoms with van der Waals surface area (Å²) in [6.07, 6.45) is 4.00. The third-order valence-corrected chi connectivity index (χ3v) is 7.81. The standard InChI is InChI=1S/C26H28F5N5O4S/c1-35-16-20(39-2)13-22(35)26(38)36(19-7-9-21(10-8-19)41(27,28,29,30)31)24(17-5-4-12-32-14-17)25(37)34-18-6-11-23(40-3)33-15-18/h4-12,14-15,20,22,24H,13,16H2,1-3H3,(H,34,37)/t20-,22-,24-/m1/s1. The van der Waals surface area contributed by atoms with Crippen molar-refractivity contribution in [3.8, 4) is 5.88 Å². The van der Waals surface area contributed by atoms with E-state index in [0.29, 0.717) is 6.54 Å². The summed E-state index contributed by atoms with van der Waals surface area (Å²) < 4.78 is 77.8. The summed E-state index contributed by atoms with van der Waals surface area (Å²) in [5.74, 6) is -1.12. The van der Waals surface area contributed by atoms with Crippen molar-refractivity contribution >= 4 is 33.4 Å². The van der Waals surface area contributed by atoms with Crippen LogP contribution in [0.1, 0.15) is 18.0 Å². The first-order chi connectivity index (χ1) is 19.1. The summed E-state index contributed by atoms with van der Waals surface area (Å²) in [4.78, 5) is 36.6. The Hall–Kier alpha value is -3.82. The summed E-state index contributed by atoms with van der Waals surface area (Å²) in [6.45, 7) is 0.380. The van der Waals surface area contributed by atoms with Gasteiger partial charge in [-0.05, 0) is 49.9 Å². The summed E-state index contributed by atoms with van der Waals surface area (Å²) in [5.41, 5.74) is 0.262. The van der Waals surface area contributed by atoms with Gasteiger partial charge in [0.25, 0.3) is 5.91 Å². The molecule has 2 aromatic heterocycles. The van der Waals surface area contributed by atoms with Gasteiger partial charge in [-0.3, -0.25) is 24.4 Å². The van der Waals surface area contributed by atoms with Gasteiger partial charge >= 0.3 is 10.2 Å². The van der Waals surface area contributed by atoms with E-state index >= 15 is 0 Å². The zero-order chi connectivity index (χ0) is 30.1. The van der Waals surface area contributed by atoms with E-state index < -0.39 is 39.0 Å². The fourth-order valence-corrected chi connectivity index (χ4v) is 5.23. The Morgan fingerprint density at radius 2 is 1.76 bits per heavy atom. The Morgan fingerprint density at radius 1 is 1.05 bits per heavy atom. The summed E-state index contributed by atoms with van der Waals surface area (Å²) >= 11 is 0. The van der Waals surface area contributed by atoms with E-state index in [2.05, 4.69) is 15.3 Å². The number of pyridine rings is 2. The molecule has 1 aliphatic rings. The zero-order valence-electron chi connectivity index (χ0n) is 22.2. The number of likely N-dealkylation sites (N-methyl/N-ethyl adjacent to an activating group) is 1. The molecule has 1 N–H and O–H groups in total. The number of nitrogens with zero attached hydrogens (tertiary/aromatic N) is 4. The molecule has 41 heavy (non-hydrogen) atoms. The van der Waals surface area contributed by atoms with Crippen molar-refractivity contribution in [2.45, 2.75) is 29.5 Å². The van der Waals surface area contributed by atoms with Gasteiger partial charge in [-0.2, -0.15) is 0 Å². The molecular weight excluding hydrogens is 573 g/mol. The highest BCUT2D eigenvalue weighted by Gasteiger charge is 2.65. The third-order valence-electron chi connectivity index (χ3n) is 6.65. The predicted molar refractivity (Wildman–Crippen MR) is 144 cm³/mol. The van der Waals surface area contributed by atoms with Gasteiger partial charge in [-0.15, -0.1) is 0 Å². The number of rotatable bonds is 9. The Morgan fingerprint density at radius 3 is 2.27 bits per heavy atom. The highest BCUT2D eigenvalue weighted by atomic mass is 32.5. The maximum atomic E-state index is 14.1. The van der Waals surface area contributed by atoms with Crippen LogP contribution in [-0.4, -0.2) is 66.6 Å². The number of hydrogen-bond acceptors (Lipinski definition) is 7. The lowest BCUT2D eigenvalue weighted by molar-refractivity contribution is -0.126. The minimum Gasteiger partial charge on any atom is -0.481 e. The van der Waals surface area contributed by atoms with E-state index in [1.807, 2.05) is 0 Å². The monoisotopic (exact) mass is 601 g/mol. The first-order valence-corrected chi connectivity index (χ1v) is 14.2. The van der Waals surface area contributed by atoms with Crippen molar-refractivity contribution in [3.63, 3.8) is 0 Å². The zero-order valence-corrected chi connectivity index (χ0v) is 23.0. The highest BCUT2D eigenvalue weighted by Crippen LogP contribution is 3.02. The summed E-state index contributed by atoms with van der Waals surface area (Å²) in [6, 6.07) is 5.67. The van der Waals surface area contributed by atoms with Gasteiger partial charge in [0.2, 0.25) is 11.8 Å². The van der Waals surface area contributed by atoms with Crippen LogP contribution in [0.5, 0.6) is 5.88 Å². The number of aromatic nitrogens is 2. The number of anilines is 2. The largest absolute Gasteiger partial charge is 0.481 e. The van der Waals surface area contributed by atoms with Crippen LogP contribution in [0, 0.1) is 0 Å². The average Bonchev–Trinajstić information content (AvgIpc) is 3.31. The SMILES string of the molecule is COc1ccc(NC(=O)[C@@H](c2cccnc2)N(C(=O)[C@H]2C[C@@H](OC)CN2C)c2ccc(S(F)(F)(F)(F)F)cc2)cn1. The number of methoxy groups -OCH3 is 2. The predicted octanol–water partition coefficient (Wildman–Crippen LogP) is 5.57. The fourth-order valence-electron chi connectivity index (χ4n) is 4.58. The molecule has 4 rings (SSSR count). The molecule has 222 valence electrons. The van der Waals surface area contributed by atoms with E-state index in [1.54, 1.807) is 11.9 Å². The minimum atomic E-state index is -10.00. The van der Waals surface area contributed by atoms with Crippen molar-refractivity contribution in [2.24, 2.45) is 0 Å². The second-order valence-electron chi connectivity index (χ2n) is 9.49. The van der Waals surface area contributed by atoms with Crippen LogP contribution in [0.2, 0.25) is 0 Å². The van der Waals surface area contributed by atoms with Gasteiger partial charge in [-0.1, -0.05) is 25.5 Å². The van der Waals surface area contributed by atoms with E-state index in [-0.39, 0.29) is 47.5 Å². The van der Waals surface area contributed by atoms with Crippen molar-refractivity contribution < 1.29 is 38.5 Å². The number of nitrogens with one attached hydrogen (secondary N) is 1. The molecule has 1 saturated heterocycles. The smallest absolute Gasteiger partial charge is 0.310 e. The molecule has 15 heteroatoms. The Balaban J connectivity index is 1.82. The lowest BCUT2D eigenvalue weighted by Gasteiger charge is -2.41. The molecule has 1 fully saturated rings. The minimum absolute atomic E-state index is 0.202. The quantitative estimate of drug-likeness (QED) is 0.320. The lowest BCUT2D eigenvalue weighted by atomic mass is 10.0. The number of carbonyl (C=O) groups excluding carboxylic acids is 2. The van der Waals surface area contributed by atoms with Crippen LogP contribution in [0.3, 0.4) is 0 Å². The number of amides is 2. The Kier molecular flexibility index (Phi) is 7.75. The molecule has 0 aliphatic carbocycles. The molecule has 0 saturated carbocycles. The summed E-state index contributed by atoms with van der Waals surface area (Å²) in [7, 11) is -5.43. The van der Waals surface area contributed by atoms with Crippen molar-refractivity contribution in [1.29, 1.82) is 0 Å². The Labute approximate surface area is 233 Å². The van der Waals surface area contributed by atoms with Crippen molar-refractivity contribution in [2.75, 3.05) is 38.0 Å². The fraction of sp³-hybridized carbons (Fsp3) is 0.308. The van der Waals surface area contributed by atoms with Gasteiger partial charge in [-0.25, -0.2) is 4.98 Å². The van der Waals surface area contributed by atoms with Crippen molar-refractivity contribution in [1.82, 2.24) is 14.9 Å². The van der Waals surface area contributed by atoms with Gasteiger partial charge < -0.3 is 14.8 Å². The molecule has 2 amide bonds. The van der Waals surface area contributed by atoms with Crippen LogP contribution in [0.25, 0.3) is 0 Å². The molecule has 1 aliphatic heterocycles. The second-order valence-corrected chi connectivity index (χ2v) is 11.9. The molecule has 0 bridgehead atoms. The third kappa shape index (κ3) is 6.92. The molecule has 0 radical (unpaired) electrons. The number of benzene rings is 1. The second kappa shape index (κ2) is 10.5. The first-order valence-electron chi connectivity index (χ1n) is 12.2. The molecule has 0 spiro atoms. The van der Waals surface area contributed by atoms with Gasteiger partial charge in [0.1, 0.15) is 10.9 Å². The van der Waals surface area contributed by atoms with Crippen molar-refractivity contribution in [3.05, 3.63) is 72.7 Å². The first kappa shape index (κ1) is 30.1. The number of carbonyl (C=O) groups is 2. The topological polar surface area (TPSA) is 96.9 Å². The van der Waals surface area contributed by atoms with E-state index in [4.69, 9.17) is 9.47 Å². The average molecular weight is 602 g/mol. The van der Waals surface area contributed by atoms with Gasteiger partial charge in [0, 0.05) is 43.4 Å². The van der Waals surface area contributed by atoms with E-state index in [0.717, 1.165) is 17.0 Å². The number of halogens is 5. The van der Waals surface area contributed by atoms with Crippen LogP contribution in [0.15, 0.2) is 72.0 Å².